The highest BCUT2D eigenvalue weighted by Gasteiger charge is 2.31. The number of para-hydroxylation sites is 1. The zero-order valence-corrected chi connectivity index (χ0v) is 16.2. The molecule has 1 aromatic heterocycles. The van der Waals surface area contributed by atoms with Gasteiger partial charge in [-0.3, -0.25) is 9.59 Å². The van der Waals surface area contributed by atoms with Gasteiger partial charge in [0.05, 0.1) is 17.5 Å². The second-order valence-electron chi connectivity index (χ2n) is 6.60. The first kappa shape index (κ1) is 19.8. The first-order chi connectivity index (χ1) is 13.5. The molecule has 0 atom stereocenters. The van der Waals surface area contributed by atoms with Crippen LogP contribution in [0.2, 0.25) is 0 Å². The minimum Gasteiger partial charge on any atom is -0.380 e. The van der Waals surface area contributed by atoms with Gasteiger partial charge in [-0.25, -0.2) is 4.98 Å². The van der Waals surface area contributed by atoms with Gasteiger partial charge >= 0.3 is 0 Å². The lowest BCUT2D eigenvalue weighted by Crippen LogP contribution is -2.35. The minimum absolute atomic E-state index is 0.0255. The van der Waals surface area contributed by atoms with Crippen molar-refractivity contribution in [1.82, 2.24) is 4.98 Å². The number of hydrogen-bond acceptors (Lipinski definition) is 5. The molecule has 3 rings (SSSR count). The quantitative estimate of drug-likeness (QED) is 0.418. The van der Waals surface area contributed by atoms with Crippen molar-refractivity contribution in [2.45, 2.75) is 19.8 Å². The predicted octanol–water partition coefficient (Wildman–Crippen LogP) is 3.09. The number of nitrogens with zero attached hydrogens (tertiary/aromatic N) is 3. The number of pyridine rings is 1. The molecule has 1 heterocycles. The topological polar surface area (TPSA) is 97.9 Å². The Morgan fingerprint density at radius 1 is 1.32 bits per heavy atom. The van der Waals surface area contributed by atoms with E-state index in [-0.39, 0.29) is 23.2 Å². The number of oxime groups is 1. The summed E-state index contributed by atoms with van der Waals surface area (Å²) >= 11 is 5.49. The van der Waals surface area contributed by atoms with Gasteiger partial charge in [0.2, 0.25) is 0 Å². The predicted molar refractivity (Wildman–Crippen MR) is 108 cm³/mol. The van der Waals surface area contributed by atoms with Crippen LogP contribution in [0.25, 0.3) is 0 Å². The van der Waals surface area contributed by atoms with Gasteiger partial charge < -0.3 is 15.5 Å². The van der Waals surface area contributed by atoms with Crippen LogP contribution in [-0.4, -0.2) is 35.6 Å². The molecule has 0 bridgehead atoms. The van der Waals surface area contributed by atoms with Gasteiger partial charge in [-0.15, -0.1) is 0 Å². The van der Waals surface area contributed by atoms with Gasteiger partial charge in [-0.1, -0.05) is 35.0 Å². The molecule has 1 aliphatic rings. The summed E-state index contributed by atoms with van der Waals surface area (Å²) in [5.41, 5.74) is 7.60. The number of nitrogens with two attached hydrogens (primary N) is 1. The van der Waals surface area contributed by atoms with Crippen molar-refractivity contribution in [3.05, 3.63) is 58.9 Å². The lowest BCUT2D eigenvalue weighted by atomic mass is 10.1. The largest absolute Gasteiger partial charge is 0.380 e. The van der Waals surface area contributed by atoms with E-state index in [1.165, 1.54) is 6.21 Å². The number of carbonyl (C=O) groups is 2. The SMILES string of the molecule is Cc1ccc(C(=O)N(CC2CC2)c2ccccc2/C=N/OCCl)c(C(N)=O)n1. The van der Waals surface area contributed by atoms with Crippen molar-refractivity contribution in [3.63, 3.8) is 0 Å². The van der Waals surface area contributed by atoms with Crippen LogP contribution >= 0.6 is 11.6 Å². The van der Waals surface area contributed by atoms with Crippen molar-refractivity contribution in [3.8, 4) is 0 Å². The third kappa shape index (κ3) is 4.67. The second kappa shape index (κ2) is 8.84. The zero-order valence-electron chi connectivity index (χ0n) is 15.5. The van der Waals surface area contributed by atoms with Crippen molar-refractivity contribution in [2.75, 3.05) is 17.5 Å². The van der Waals surface area contributed by atoms with Gasteiger partial charge in [0.1, 0.15) is 5.69 Å². The summed E-state index contributed by atoms with van der Waals surface area (Å²) in [6, 6.07) is 10.5. The standard InChI is InChI=1S/C20H21ClN4O3/c1-13-6-9-16(18(24-13)19(22)26)20(27)25(11-14-7-8-14)17-5-3-2-4-15(17)10-23-28-12-21/h2-6,9-10,14H,7-8,11-12H2,1H3,(H2,22,26)/b23-10+. The molecule has 1 aromatic carbocycles. The number of alkyl halides is 1. The molecule has 0 aliphatic heterocycles. The van der Waals surface area contributed by atoms with Crippen molar-refractivity contribution < 1.29 is 14.4 Å². The summed E-state index contributed by atoms with van der Waals surface area (Å²) in [5, 5.41) is 3.81. The van der Waals surface area contributed by atoms with Gasteiger partial charge in [0, 0.05) is 17.8 Å². The maximum absolute atomic E-state index is 13.4. The third-order valence-electron chi connectivity index (χ3n) is 4.42. The Morgan fingerprint density at radius 3 is 2.75 bits per heavy atom. The fourth-order valence-electron chi connectivity index (χ4n) is 2.88. The minimum atomic E-state index is -0.733. The summed E-state index contributed by atoms with van der Waals surface area (Å²) in [6.45, 7) is 2.28. The Balaban J connectivity index is 2.02. The fraction of sp³-hybridized carbons (Fsp3) is 0.300. The van der Waals surface area contributed by atoms with E-state index in [4.69, 9.17) is 22.2 Å². The average Bonchev–Trinajstić information content (AvgIpc) is 3.50. The first-order valence-corrected chi connectivity index (χ1v) is 9.44. The summed E-state index contributed by atoms with van der Waals surface area (Å²) in [6.07, 6.45) is 3.63. The van der Waals surface area contributed by atoms with Gasteiger partial charge in [-0.2, -0.15) is 0 Å². The van der Waals surface area contributed by atoms with E-state index in [9.17, 15) is 9.59 Å². The Labute approximate surface area is 168 Å². The van der Waals surface area contributed by atoms with Crippen LogP contribution in [0.3, 0.4) is 0 Å². The molecule has 0 saturated heterocycles. The molecule has 2 aromatic rings. The monoisotopic (exact) mass is 400 g/mol. The number of rotatable bonds is 8. The number of primary amides is 1. The molecule has 1 fully saturated rings. The summed E-state index contributed by atoms with van der Waals surface area (Å²) < 4.78 is 0. The number of aryl methyl sites for hydroxylation is 1. The molecule has 28 heavy (non-hydrogen) atoms. The molecule has 1 saturated carbocycles. The third-order valence-corrected chi connectivity index (χ3v) is 4.52. The average molecular weight is 401 g/mol. The number of aromatic nitrogens is 1. The van der Waals surface area contributed by atoms with E-state index in [0.717, 1.165) is 12.8 Å². The highest BCUT2D eigenvalue weighted by atomic mass is 35.5. The first-order valence-electron chi connectivity index (χ1n) is 8.91. The Morgan fingerprint density at radius 2 is 2.07 bits per heavy atom. The molecule has 0 spiro atoms. The number of amides is 2. The number of halogens is 1. The highest BCUT2D eigenvalue weighted by molar-refractivity contribution is 6.17. The lowest BCUT2D eigenvalue weighted by molar-refractivity contribution is 0.0956. The Bertz CT molecular complexity index is 912. The summed E-state index contributed by atoms with van der Waals surface area (Å²) in [5.74, 6) is -0.639. The molecule has 8 heteroatoms. The molecule has 7 nitrogen and oxygen atoms in total. The van der Waals surface area contributed by atoms with Crippen LogP contribution in [0.5, 0.6) is 0 Å². The van der Waals surface area contributed by atoms with Crippen molar-refractivity contribution in [2.24, 2.45) is 16.8 Å². The molecular weight excluding hydrogens is 380 g/mol. The van der Waals surface area contributed by atoms with Gasteiger partial charge in [0.25, 0.3) is 11.8 Å². The van der Waals surface area contributed by atoms with Crippen LogP contribution in [0.15, 0.2) is 41.6 Å². The molecular formula is C20H21ClN4O3. The van der Waals surface area contributed by atoms with E-state index in [1.807, 2.05) is 24.3 Å². The highest BCUT2D eigenvalue weighted by Crippen LogP contribution is 2.33. The summed E-state index contributed by atoms with van der Waals surface area (Å²) in [4.78, 5) is 35.9. The van der Waals surface area contributed by atoms with Crippen LogP contribution < -0.4 is 10.6 Å². The normalized spacial score (nSPS) is 13.5. The molecule has 0 unspecified atom stereocenters. The van der Waals surface area contributed by atoms with Crippen LogP contribution in [0, 0.1) is 12.8 Å². The molecule has 146 valence electrons. The van der Waals surface area contributed by atoms with Crippen molar-refractivity contribution >= 4 is 35.3 Å². The Kier molecular flexibility index (Phi) is 6.26. The van der Waals surface area contributed by atoms with Crippen LogP contribution in [0.1, 0.15) is 44.9 Å². The van der Waals surface area contributed by atoms with E-state index >= 15 is 0 Å². The lowest BCUT2D eigenvalue weighted by Gasteiger charge is -2.25. The number of carbonyl (C=O) groups excluding carboxylic acids is 2. The molecule has 0 radical (unpaired) electrons. The second-order valence-corrected chi connectivity index (χ2v) is 6.82. The van der Waals surface area contributed by atoms with Gasteiger partial charge in [0.15, 0.2) is 6.07 Å². The zero-order chi connectivity index (χ0) is 20.1. The van der Waals surface area contributed by atoms with E-state index in [1.54, 1.807) is 24.0 Å². The molecule has 1 aliphatic carbocycles. The molecule has 2 N–H and O–H groups in total. The Hall–Kier alpha value is -2.93. The van der Waals surface area contributed by atoms with Gasteiger partial charge in [-0.05, 0) is 43.9 Å². The number of anilines is 1. The van der Waals surface area contributed by atoms with E-state index < -0.39 is 5.91 Å². The van der Waals surface area contributed by atoms with Crippen LogP contribution in [0.4, 0.5) is 5.69 Å². The maximum Gasteiger partial charge on any atom is 0.268 e. The number of benzene rings is 1. The van der Waals surface area contributed by atoms with E-state index in [0.29, 0.717) is 29.4 Å². The number of hydrogen-bond donors (Lipinski definition) is 1. The molecule has 2 amide bonds. The smallest absolute Gasteiger partial charge is 0.268 e. The van der Waals surface area contributed by atoms with E-state index in [2.05, 4.69) is 10.1 Å². The fourth-order valence-corrected chi connectivity index (χ4v) is 2.93. The van der Waals surface area contributed by atoms with Crippen LogP contribution in [-0.2, 0) is 4.84 Å². The summed E-state index contributed by atoms with van der Waals surface area (Å²) in [7, 11) is 0. The maximum atomic E-state index is 13.4. The van der Waals surface area contributed by atoms with Crippen molar-refractivity contribution in [1.29, 1.82) is 0 Å².